The van der Waals surface area contributed by atoms with Crippen LogP contribution in [0.4, 0.5) is 4.39 Å². The Labute approximate surface area is 113 Å². The molecule has 1 aliphatic heterocycles. The molecule has 0 spiro atoms. The van der Waals surface area contributed by atoms with E-state index in [4.69, 9.17) is 16.7 Å². The number of amides is 1. The lowest BCUT2D eigenvalue weighted by molar-refractivity contribution is -0.141. The number of carbonyl (C=O) groups excluding carboxylic acids is 1. The van der Waals surface area contributed by atoms with Crippen molar-refractivity contribution in [2.45, 2.75) is 18.6 Å². The van der Waals surface area contributed by atoms with E-state index in [1.165, 1.54) is 12.1 Å². The Morgan fingerprint density at radius 1 is 1.42 bits per heavy atom. The Morgan fingerprint density at radius 2 is 2.11 bits per heavy atom. The van der Waals surface area contributed by atoms with Gasteiger partial charge in [-0.15, -0.1) is 0 Å². The van der Waals surface area contributed by atoms with Gasteiger partial charge in [0.2, 0.25) is 0 Å². The second-order valence-corrected chi connectivity index (χ2v) is 4.76. The first-order valence-electron chi connectivity index (χ1n) is 5.57. The zero-order valence-corrected chi connectivity index (χ0v) is 10.5. The quantitative estimate of drug-likeness (QED) is 0.855. The number of likely N-dealkylation sites (tertiary alicyclic amines) is 1. The second-order valence-electron chi connectivity index (χ2n) is 4.33. The van der Waals surface area contributed by atoms with Crippen LogP contribution in [0.5, 0.6) is 0 Å². The van der Waals surface area contributed by atoms with E-state index in [-0.39, 0.29) is 23.6 Å². The number of nitrogens with zero attached hydrogens (tertiary/aromatic N) is 1. The summed E-state index contributed by atoms with van der Waals surface area (Å²) in [5.74, 6) is -2.81. The highest BCUT2D eigenvalue weighted by atomic mass is 35.5. The highest BCUT2D eigenvalue weighted by Crippen LogP contribution is 2.23. The fourth-order valence-electron chi connectivity index (χ4n) is 2.09. The molecule has 1 heterocycles. The molecule has 1 aliphatic rings. The monoisotopic (exact) mass is 287 g/mol. The van der Waals surface area contributed by atoms with Crippen LogP contribution in [0.2, 0.25) is 5.02 Å². The molecule has 2 rings (SSSR count). The molecular formula is C12H11ClFNO4. The molecule has 2 unspecified atom stereocenters. The first-order chi connectivity index (χ1) is 8.90. The smallest absolute Gasteiger partial charge is 0.326 e. The zero-order chi connectivity index (χ0) is 14.2. The molecule has 1 amide bonds. The molecule has 1 fully saturated rings. The van der Waals surface area contributed by atoms with Crippen LogP contribution in [0.1, 0.15) is 16.8 Å². The average molecular weight is 288 g/mol. The van der Waals surface area contributed by atoms with Crippen LogP contribution < -0.4 is 0 Å². The number of aliphatic carboxylic acids is 1. The normalized spacial score (nSPS) is 22.6. The minimum absolute atomic E-state index is 0.0592. The molecule has 0 saturated carbocycles. The number of carboxylic acid groups (broad SMARTS) is 1. The van der Waals surface area contributed by atoms with E-state index in [1.807, 2.05) is 0 Å². The molecule has 0 aliphatic carbocycles. The van der Waals surface area contributed by atoms with Gasteiger partial charge in [0.25, 0.3) is 5.91 Å². The summed E-state index contributed by atoms with van der Waals surface area (Å²) in [5, 5.41) is 18.6. The Hall–Kier alpha value is -1.66. The largest absolute Gasteiger partial charge is 0.480 e. The molecule has 5 nitrogen and oxygen atoms in total. The molecule has 102 valence electrons. The van der Waals surface area contributed by atoms with Crippen molar-refractivity contribution in [3.05, 3.63) is 34.6 Å². The number of hydrogen-bond donors (Lipinski definition) is 2. The van der Waals surface area contributed by atoms with E-state index in [9.17, 15) is 19.1 Å². The number of carbonyl (C=O) groups is 2. The second kappa shape index (κ2) is 5.14. The summed E-state index contributed by atoms with van der Waals surface area (Å²) < 4.78 is 13.6. The number of carboxylic acids is 1. The van der Waals surface area contributed by atoms with Gasteiger partial charge in [0.15, 0.2) is 0 Å². The van der Waals surface area contributed by atoms with E-state index in [0.717, 1.165) is 11.0 Å². The van der Waals surface area contributed by atoms with Gasteiger partial charge in [0.1, 0.15) is 11.9 Å². The summed E-state index contributed by atoms with van der Waals surface area (Å²) in [7, 11) is 0. The number of rotatable bonds is 2. The van der Waals surface area contributed by atoms with Gasteiger partial charge in [0.05, 0.1) is 11.7 Å². The third-order valence-electron chi connectivity index (χ3n) is 2.99. The van der Waals surface area contributed by atoms with E-state index >= 15 is 0 Å². The Kier molecular flexibility index (Phi) is 3.73. The highest BCUT2D eigenvalue weighted by molar-refractivity contribution is 6.30. The molecule has 19 heavy (non-hydrogen) atoms. The maximum absolute atomic E-state index is 13.6. The molecule has 0 aromatic heterocycles. The molecule has 1 saturated heterocycles. The molecular weight excluding hydrogens is 277 g/mol. The van der Waals surface area contributed by atoms with Crippen LogP contribution in [-0.2, 0) is 4.79 Å². The van der Waals surface area contributed by atoms with Gasteiger partial charge in [-0.1, -0.05) is 11.6 Å². The Balaban J connectivity index is 2.30. The molecule has 1 aromatic carbocycles. The van der Waals surface area contributed by atoms with Crippen LogP contribution in [0, 0.1) is 5.82 Å². The number of hydrogen-bond acceptors (Lipinski definition) is 3. The molecule has 1 aromatic rings. The fourth-order valence-corrected chi connectivity index (χ4v) is 2.25. The maximum Gasteiger partial charge on any atom is 0.326 e. The maximum atomic E-state index is 13.6. The number of aliphatic hydroxyl groups is 1. The SMILES string of the molecule is O=C(O)C1CC(O)CN1C(=O)c1ccc(Cl)cc1F. The van der Waals surface area contributed by atoms with E-state index < -0.39 is 29.8 Å². The number of halogens is 2. The Bertz CT molecular complexity index is 536. The minimum Gasteiger partial charge on any atom is -0.480 e. The van der Waals surface area contributed by atoms with Crippen LogP contribution in [0.3, 0.4) is 0 Å². The van der Waals surface area contributed by atoms with Crippen LogP contribution in [-0.4, -0.2) is 45.7 Å². The topological polar surface area (TPSA) is 77.8 Å². The van der Waals surface area contributed by atoms with Crippen molar-refractivity contribution in [2.75, 3.05) is 6.54 Å². The lowest BCUT2D eigenvalue weighted by Crippen LogP contribution is -2.40. The van der Waals surface area contributed by atoms with Gasteiger partial charge in [0, 0.05) is 18.0 Å². The zero-order valence-electron chi connectivity index (χ0n) is 9.72. The van der Waals surface area contributed by atoms with Crippen molar-refractivity contribution < 1.29 is 24.2 Å². The summed E-state index contributed by atoms with van der Waals surface area (Å²) >= 11 is 5.58. The van der Waals surface area contributed by atoms with Crippen molar-refractivity contribution in [3.63, 3.8) is 0 Å². The number of aliphatic hydroxyl groups excluding tert-OH is 1. The predicted molar refractivity (Wildman–Crippen MR) is 64.5 cm³/mol. The van der Waals surface area contributed by atoms with E-state index in [1.54, 1.807) is 0 Å². The van der Waals surface area contributed by atoms with Gasteiger partial charge in [-0.3, -0.25) is 4.79 Å². The lowest BCUT2D eigenvalue weighted by atomic mass is 10.1. The molecule has 0 radical (unpaired) electrons. The average Bonchev–Trinajstić information content (AvgIpc) is 2.70. The summed E-state index contributed by atoms with van der Waals surface area (Å²) in [6.45, 7) is -0.127. The third kappa shape index (κ3) is 2.69. The van der Waals surface area contributed by atoms with E-state index in [2.05, 4.69) is 0 Å². The third-order valence-corrected chi connectivity index (χ3v) is 3.22. The number of benzene rings is 1. The van der Waals surface area contributed by atoms with Gasteiger partial charge >= 0.3 is 5.97 Å². The summed E-state index contributed by atoms with van der Waals surface area (Å²) in [4.78, 5) is 24.1. The van der Waals surface area contributed by atoms with Gasteiger partial charge in [-0.2, -0.15) is 0 Å². The summed E-state index contributed by atoms with van der Waals surface area (Å²) in [6.07, 6.45) is -0.976. The number of β-amino-alcohol motifs (C(OH)–C–C–N with tert-alkyl or cyclic N) is 1. The van der Waals surface area contributed by atoms with Crippen molar-refractivity contribution in [1.29, 1.82) is 0 Å². The van der Waals surface area contributed by atoms with E-state index in [0.29, 0.717) is 0 Å². The van der Waals surface area contributed by atoms with Crippen LogP contribution in [0.25, 0.3) is 0 Å². The van der Waals surface area contributed by atoms with Crippen molar-refractivity contribution >= 4 is 23.5 Å². The summed E-state index contributed by atoms with van der Waals surface area (Å²) in [6, 6.07) is 2.39. The molecule has 2 atom stereocenters. The van der Waals surface area contributed by atoms with Crippen LogP contribution in [0.15, 0.2) is 18.2 Å². The van der Waals surface area contributed by atoms with Crippen molar-refractivity contribution in [1.82, 2.24) is 4.90 Å². The highest BCUT2D eigenvalue weighted by Gasteiger charge is 2.39. The van der Waals surface area contributed by atoms with Gasteiger partial charge in [-0.05, 0) is 18.2 Å². The predicted octanol–water partition coefficient (Wildman–Crippen LogP) is 1.14. The van der Waals surface area contributed by atoms with Gasteiger partial charge < -0.3 is 15.1 Å². The van der Waals surface area contributed by atoms with Crippen molar-refractivity contribution in [2.24, 2.45) is 0 Å². The first-order valence-corrected chi connectivity index (χ1v) is 5.95. The molecule has 7 heteroatoms. The molecule has 0 bridgehead atoms. The van der Waals surface area contributed by atoms with Crippen molar-refractivity contribution in [3.8, 4) is 0 Å². The fraction of sp³-hybridized carbons (Fsp3) is 0.333. The van der Waals surface area contributed by atoms with Crippen LogP contribution >= 0.6 is 11.6 Å². The first kappa shape index (κ1) is 13.8. The Morgan fingerprint density at radius 3 is 2.68 bits per heavy atom. The summed E-state index contributed by atoms with van der Waals surface area (Å²) in [5.41, 5.74) is -0.259. The van der Waals surface area contributed by atoms with Gasteiger partial charge in [-0.25, -0.2) is 9.18 Å². The lowest BCUT2D eigenvalue weighted by Gasteiger charge is -2.21. The minimum atomic E-state index is -1.22. The standard InChI is InChI=1S/C12H11ClFNO4/c13-6-1-2-8(9(14)3-6)11(17)15-5-7(16)4-10(15)12(18)19/h1-3,7,10,16H,4-5H2,(H,18,19). The molecule has 2 N–H and O–H groups in total.